The number of benzene rings is 1. The summed E-state index contributed by atoms with van der Waals surface area (Å²) in [6.45, 7) is 4.75. The first-order valence-electron chi connectivity index (χ1n) is 9.99. The van der Waals surface area contributed by atoms with Crippen LogP contribution in [0.2, 0.25) is 0 Å². The van der Waals surface area contributed by atoms with Crippen molar-refractivity contribution in [1.82, 2.24) is 19.7 Å². The lowest BCUT2D eigenvalue weighted by Crippen LogP contribution is -2.15. The fourth-order valence-electron chi connectivity index (χ4n) is 3.08. The van der Waals surface area contributed by atoms with Crippen LogP contribution < -0.4 is 5.32 Å². The molecule has 0 spiro atoms. The molecule has 3 heterocycles. The molecular weight excluding hydrogens is 410 g/mol. The van der Waals surface area contributed by atoms with E-state index in [4.69, 9.17) is 4.42 Å². The number of nitrogens with one attached hydrogen (secondary N) is 1. The van der Waals surface area contributed by atoms with Crippen LogP contribution in [-0.2, 0) is 11.3 Å². The predicted molar refractivity (Wildman–Crippen MR) is 121 cm³/mol. The zero-order valence-electron chi connectivity index (χ0n) is 17.4. The smallest absolute Gasteiger partial charge is 0.234 e. The summed E-state index contributed by atoms with van der Waals surface area (Å²) < 4.78 is 7.44. The lowest BCUT2D eigenvalue weighted by molar-refractivity contribution is -0.113. The van der Waals surface area contributed by atoms with Crippen LogP contribution in [0.1, 0.15) is 31.1 Å². The van der Waals surface area contributed by atoms with Crippen LogP contribution >= 0.6 is 11.8 Å². The molecule has 1 N–H and O–H groups in total. The number of aromatic nitrogens is 4. The molecule has 0 atom stereocenters. The lowest BCUT2D eigenvalue weighted by Gasteiger charge is -2.10. The van der Waals surface area contributed by atoms with Crippen molar-refractivity contribution in [3.63, 3.8) is 0 Å². The summed E-state index contributed by atoms with van der Waals surface area (Å²) in [5.74, 6) is 2.03. The molecule has 0 saturated heterocycles. The Morgan fingerprint density at radius 2 is 1.97 bits per heavy atom. The van der Waals surface area contributed by atoms with Crippen molar-refractivity contribution in [3.8, 4) is 11.4 Å². The first kappa shape index (κ1) is 20.9. The molecule has 3 aromatic heterocycles. The second-order valence-electron chi connectivity index (χ2n) is 7.33. The molecule has 8 heteroatoms. The van der Waals surface area contributed by atoms with Gasteiger partial charge in [0, 0.05) is 23.6 Å². The van der Waals surface area contributed by atoms with Gasteiger partial charge in [0.1, 0.15) is 5.76 Å². The first-order chi connectivity index (χ1) is 15.1. The summed E-state index contributed by atoms with van der Waals surface area (Å²) in [4.78, 5) is 16.7. The number of nitrogens with zero attached hydrogens (tertiary/aromatic N) is 4. The Morgan fingerprint density at radius 1 is 1.13 bits per heavy atom. The van der Waals surface area contributed by atoms with Gasteiger partial charge >= 0.3 is 0 Å². The van der Waals surface area contributed by atoms with E-state index < -0.39 is 0 Å². The average Bonchev–Trinajstić information content (AvgIpc) is 3.44. The Morgan fingerprint density at radius 3 is 2.65 bits per heavy atom. The van der Waals surface area contributed by atoms with Crippen LogP contribution in [-0.4, -0.2) is 31.4 Å². The zero-order valence-corrected chi connectivity index (χ0v) is 18.2. The van der Waals surface area contributed by atoms with Gasteiger partial charge in [-0.2, -0.15) is 0 Å². The third-order valence-corrected chi connectivity index (χ3v) is 5.69. The van der Waals surface area contributed by atoms with Crippen LogP contribution in [0.5, 0.6) is 0 Å². The van der Waals surface area contributed by atoms with Crippen molar-refractivity contribution in [2.75, 3.05) is 11.1 Å². The number of carbonyl (C=O) groups excluding carboxylic acids is 1. The fourth-order valence-corrected chi connectivity index (χ4v) is 3.82. The highest BCUT2D eigenvalue weighted by molar-refractivity contribution is 7.99. The van der Waals surface area contributed by atoms with Gasteiger partial charge in [0.05, 0.1) is 18.6 Å². The van der Waals surface area contributed by atoms with Crippen LogP contribution in [0, 0.1) is 0 Å². The molecule has 0 aliphatic carbocycles. The summed E-state index contributed by atoms with van der Waals surface area (Å²) in [5, 5.41) is 12.2. The van der Waals surface area contributed by atoms with Crippen molar-refractivity contribution >= 4 is 23.4 Å². The summed E-state index contributed by atoms with van der Waals surface area (Å²) in [6.07, 6.45) is 5.09. The molecular formula is C23H23N5O2S. The molecule has 0 fully saturated rings. The van der Waals surface area contributed by atoms with Crippen molar-refractivity contribution in [3.05, 3.63) is 78.5 Å². The van der Waals surface area contributed by atoms with E-state index in [9.17, 15) is 4.79 Å². The summed E-state index contributed by atoms with van der Waals surface area (Å²) in [7, 11) is 0. The van der Waals surface area contributed by atoms with Gasteiger partial charge < -0.3 is 9.73 Å². The molecule has 4 aromatic rings. The average molecular weight is 434 g/mol. The minimum Gasteiger partial charge on any atom is -0.467 e. The fraction of sp³-hybridized carbons (Fsp3) is 0.217. The van der Waals surface area contributed by atoms with E-state index in [2.05, 4.69) is 34.3 Å². The maximum absolute atomic E-state index is 12.5. The number of carbonyl (C=O) groups is 1. The molecule has 0 aliphatic rings. The maximum atomic E-state index is 12.5. The number of pyridine rings is 1. The third-order valence-electron chi connectivity index (χ3n) is 4.72. The highest BCUT2D eigenvalue weighted by Gasteiger charge is 2.17. The van der Waals surface area contributed by atoms with E-state index in [0.717, 1.165) is 17.0 Å². The number of hydrogen-bond donors (Lipinski definition) is 1. The van der Waals surface area contributed by atoms with E-state index in [0.29, 0.717) is 23.4 Å². The zero-order chi connectivity index (χ0) is 21.6. The number of amides is 1. The molecule has 0 unspecified atom stereocenters. The van der Waals surface area contributed by atoms with Crippen molar-refractivity contribution < 1.29 is 9.21 Å². The molecule has 1 aromatic carbocycles. The maximum Gasteiger partial charge on any atom is 0.234 e. The largest absolute Gasteiger partial charge is 0.467 e. The van der Waals surface area contributed by atoms with Crippen LogP contribution in [0.15, 0.2) is 76.8 Å². The Balaban J connectivity index is 1.47. The van der Waals surface area contributed by atoms with Gasteiger partial charge in [0.15, 0.2) is 11.0 Å². The Bertz CT molecular complexity index is 1120. The van der Waals surface area contributed by atoms with Crippen LogP contribution in [0.4, 0.5) is 5.69 Å². The van der Waals surface area contributed by atoms with Gasteiger partial charge in [0.2, 0.25) is 5.91 Å². The van der Waals surface area contributed by atoms with E-state index >= 15 is 0 Å². The van der Waals surface area contributed by atoms with E-state index in [-0.39, 0.29) is 11.7 Å². The van der Waals surface area contributed by atoms with Crippen molar-refractivity contribution in [2.45, 2.75) is 31.5 Å². The number of anilines is 1. The molecule has 0 bridgehead atoms. The standard InChI is InChI=1S/C23H23N5O2S/c1-16(2)17-7-9-19(10-8-17)25-21(29)15-31-23-27-26-22(18-5-3-11-24-13-18)28(23)14-20-6-4-12-30-20/h3-13,16H,14-15H2,1-2H3,(H,25,29). The van der Waals surface area contributed by atoms with Crippen molar-refractivity contribution in [2.24, 2.45) is 0 Å². The summed E-state index contributed by atoms with van der Waals surface area (Å²) in [6, 6.07) is 15.4. The summed E-state index contributed by atoms with van der Waals surface area (Å²) >= 11 is 1.34. The third kappa shape index (κ3) is 5.21. The second kappa shape index (κ2) is 9.61. The van der Waals surface area contributed by atoms with Crippen molar-refractivity contribution in [1.29, 1.82) is 0 Å². The van der Waals surface area contributed by atoms with Gasteiger partial charge in [-0.1, -0.05) is 37.7 Å². The van der Waals surface area contributed by atoms with Gasteiger partial charge in [-0.25, -0.2) is 0 Å². The van der Waals surface area contributed by atoms with E-state index in [1.165, 1.54) is 17.3 Å². The van der Waals surface area contributed by atoms with E-state index in [1.54, 1.807) is 18.7 Å². The van der Waals surface area contributed by atoms with Crippen LogP contribution in [0.25, 0.3) is 11.4 Å². The highest BCUT2D eigenvalue weighted by Crippen LogP contribution is 2.25. The molecule has 4 rings (SSSR count). The Hall–Kier alpha value is -3.39. The van der Waals surface area contributed by atoms with Crippen LogP contribution in [0.3, 0.4) is 0 Å². The molecule has 31 heavy (non-hydrogen) atoms. The first-order valence-corrected chi connectivity index (χ1v) is 11.0. The SMILES string of the molecule is CC(C)c1ccc(NC(=O)CSc2nnc(-c3cccnc3)n2Cc2ccco2)cc1. The second-order valence-corrected chi connectivity index (χ2v) is 8.27. The monoisotopic (exact) mass is 433 g/mol. The minimum absolute atomic E-state index is 0.0993. The number of hydrogen-bond acceptors (Lipinski definition) is 6. The predicted octanol–water partition coefficient (Wildman–Crippen LogP) is 4.84. The molecule has 1 amide bonds. The minimum atomic E-state index is -0.0993. The van der Waals surface area contributed by atoms with Gasteiger partial charge in [-0.05, 0) is 47.9 Å². The van der Waals surface area contributed by atoms with Gasteiger partial charge in [-0.3, -0.25) is 14.3 Å². The highest BCUT2D eigenvalue weighted by atomic mass is 32.2. The Labute approximate surface area is 184 Å². The topological polar surface area (TPSA) is 85.8 Å². The molecule has 158 valence electrons. The molecule has 0 saturated carbocycles. The number of rotatable bonds is 8. The number of furan rings is 1. The quantitative estimate of drug-likeness (QED) is 0.400. The summed E-state index contributed by atoms with van der Waals surface area (Å²) in [5.41, 5.74) is 2.87. The molecule has 7 nitrogen and oxygen atoms in total. The van der Waals surface area contributed by atoms with Gasteiger partial charge in [-0.15, -0.1) is 10.2 Å². The number of thioether (sulfide) groups is 1. The lowest BCUT2D eigenvalue weighted by atomic mass is 10.0. The molecule has 0 radical (unpaired) electrons. The normalized spacial score (nSPS) is 11.1. The van der Waals surface area contributed by atoms with Gasteiger partial charge in [0.25, 0.3) is 0 Å². The van der Waals surface area contributed by atoms with E-state index in [1.807, 2.05) is 53.1 Å². The Kier molecular flexibility index (Phi) is 6.47. The molecule has 0 aliphatic heterocycles.